The zero-order chi connectivity index (χ0) is 17.9. The van der Waals surface area contributed by atoms with Crippen LogP contribution in [-0.4, -0.2) is 42.2 Å². The van der Waals surface area contributed by atoms with Crippen molar-refractivity contribution in [2.75, 3.05) is 20.1 Å². The molecule has 0 aromatic carbocycles. The molecule has 1 aromatic rings. The highest BCUT2D eigenvalue weighted by atomic mass is 16.3. The first-order valence-corrected chi connectivity index (χ1v) is 8.36. The number of likely N-dealkylation sites (N-methyl/N-ethyl adjacent to an activating group) is 1. The molecule has 1 heterocycles. The standard InChI is InChI=1S/C18H30N4O2/c1-13(2)17(9-16(23)12-19-4)18(24)22-10-14(3)21-11-15-7-5-6-8-20-15/h5-8,13,16-17,19,21,23H,3,9-12H2,1-2,4H3,(H,22,24). The van der Waals surface area contributed by atoms with E-state index in [1.54, 1.807) is 13.2 Å². The summed E-state index contributed by atoms with van der Waals surface area (Å²) in [6, 6.07) is 5.72. The van der Waals surface area contributed by atoms with E-state index in [1.807, 2.05) is 32.0 Å². The van der Waals surface area contributed by atoms with Gasteiger partial charge in [0.15, 0.2) is 0 Å². The van der Waals surface area contributed by atoms with E-state index in [1.165, 1.54) is 0 Å². The van der Waals surface area contributed by atoms with Crippen LogP contribution in [0.4, 0.5) is 0 Å². The van der Waals surface area contributed by atoms with E-state index in [-0.39, 0.29) is 17.7 Å². The lowest BCUT2D eigenvalue weighted by Crippen LogP contribution is -2.39. The number of carbonyl (C=O) groups excluding carboxylic acids is 1. The predicted octanol–water partition coefficient (Wildman–Crippen LogP) is 1.04. The fourth-order valence-electron chi connectivity index (χ4n) is 2.40. The molecular formula is C18H30N4O2. The number of aliphatic hydroxyl groups is 1. The van der Waals surface area contributed by atoms with Gasteiger partial charge in [-0.15, -0.1) is 0 Å². The van der Waals surface area contributed by atoms with Crippen LogP contribution in [0.1, 0.15) is 26.0 Å². The van der Waals surface area contributed by atoms with Crippen LogP contribution < -0.4 is 16.0 Å². The number of amides is 1. The number of aliphatic hydroxyl groups excluding tert-OH is 1. The van der Waals surface area contributed by atoms with Gasteiger partial charge in [-0.05, 0) is 31.5 Å². The lowest BCUT2D eigenvalue weighted by molar-refractivity contribution is -0.127. The van der Waals surface area contributed by atoms with Crippen molar-refractivity contribution in [3.05, 3.63) is 42.4 Å². The van der Waals surface area contributed by atoms with E-state index >= 15 is 0 Å². The van der Waals surface area contributed by atoms with Crippen LogP contribution in [-0.2, 0) is 11.3 Å². The minimum absolute atomic E-state index is 0.0547. The van der Waals surface area contributed by atoms with E-state index in [2.05, 4.69) is 27.5 Å². The number of rotatable bonds is 11. The molecule has 0 saturated heterocycles. The maximum atomic E-state index is 12.4. The Morgan fingerprint density at radius 2 is 2.08 bits per heavy atom. The fourth-order valence-corrected chi connectivity index (χ4v) is 2.40. The molecule has 2 atom stereocenters. The molecule has 0 spiro atoms. The predicted molar refractivity (Wildman–Crippen MR) is 96.1 cm³/mol. The van der Waals surface area contributed by atoms with Gasteiger partial charge < -0.3 is 21.1 Å². The molecule has 0 fully saturated rings. The highest BCUT2D eigenvalue weighted by Gasteiger charge is 2.24. The molecule has 2 unspecified atom stereocenters. The Bertz CT molecular complexity index is 505. The maximum Gasteiger partial charge on any atom is 0.223 e. The van der Waals surface area contributed by atoms with Crippen LogP contribution in [0.15, 0.2) is 36.7 Å². The summed E-state index contributed by atoms with van der Waals surface area (Å²) in [6.07, 6.45) is 1.65. The highest BCUT2D eigenvalue weighted by Crippen LogP contribution is 2.17. The molecule has 6 heteroatoms. The summed E-state index contributed by atoms with van der Waals surface area (Å²) in [5.41, 5.74) is 1.65. The van der Waals surface area contributed by atoms with E-state index < -0.39 is 6.10 Å². The van der Waals surface area contributed by atoms with Gasteiger partial charge in [-0.2, -0.15) is 0 Å². The Labute approximate surface area is 144 Å². The molecule has 4 N–H and O–H groups in total. The van der Waals surface area contributed by atoms with Crippen molar-refractivity contribution >= 4 is 5.91 Å². The molecule has 0 bridgehead atoms. The number of carbonyl (C=O) groups is 1. The Balaban J connectivity index is 2.39. The average Bonchev–Trinajstić information content (AvgIpc) is 2.56. The van der Waals surface area contributed by atoms with Gasteiger partial charge in [0, 0.05) is 24.4 Å². The minimum atomic E-state index is -0.529. The summed E-state index contributed by atoms with van der Waals surface area (Å²) in [5, 5.41) is 18.9. The van der Waals surface area contributed by atoms with E-state index in [9.17, 15) is 9.90 Å². The van der Waals surface area contributed by atoms with Crippen LogP contribution in [0, 0.1) is 11.8 Å². The fraction of sp³-hybridized carbons (Fsp3) is 0.556. The third-order valence-corrected chi connectivity index (χ3v) is 3.83. The Morgan fingerprint density at radius 1 is 1.33 bits per heavy atom. The summed E-state index contributed by atoms with van der Waals surface area (Å²) in [7, 11) is 1.78. The van der Waals surface area contributed by atoms with Crippen molar-refractivity contribution in [1.82, 2.24) is 20.9 Å². The lowest BCUT2D eigenvalue weighted by Gasteiger charge is -2.23. The summed E-state index contributed by atoms with van der Waals surface area (Å²) in [5.74, 6) is -0.121. The van der Waals surface area contributed by atoms with Crippen LogP contribution in [0.25, 0.3) is 0 Å². The molecule has 24 heavy (non-hydrogen) atoms. The maximum absolute atomic E-state index is 12.4. The second kappa shape index (κ2) is 10.8. The summed E-state index contributed by atoms with van der Waals surface area (Å²) in [6.45, 7) is 9.32. The van der Waals surface area contributed by atoms with Crippen LogP contribution in [0.3, 0.4) is 0 Å². The van der Waals surface area contributed by atoms with Crippen LogP contribution in [0.2, 0.25) is 0 Å². The van der Waals surface area contributed by atoms with Gasteiger partial charge in [0.2, 0.25) is 5.91 Å². The molecule has 1 aromatic heterocycles. The SMILES string of the molecule is C=C(CNC(=O)C(CC(O)CNC)C(C)C)NCc1ccccn1. The number of nitrogens with zero attached hydrogens (tertiary/aromatic N) is 1. The monoisotopic (exact) mass is 334 g/mol. The first-order chi connectivity index (χ1) is 11.4. The van der Waals surface area contributed by atoms with Crippen molar-refractivity contribution in [3.8, 4) is 0 Å². The number of hydrogen-bond acceptors (Lipinski definition) is 5. The Morgan fingerprint density at radius 3 is 2.67 bits per heavy atom. The molecule has 0 saturated carbocycles. The molecule has 0 aliphatic heterocycles. The van der Waals surface area contributed by atoms with Gasteiger partial charge in [-0.25, -0.2) is 0 Å². The number of hydrogen-bond donors (Lipinski definition) is 4. The quantitative estimate of drug-likeness (QED) is 0.486. The van der Waals surface area contributed by atoms with Crippen molar-refractivity contribution in [1.29, 1.82) is 0 Å². The summed E-state index contributed by atoms with van der Waals surface area (Å²) < 4.78 is 0. The minimum Gasteiger partial charge on any atom is -0.392 e. The van der Waals surface area contributed by atoms with Gasteiger partial charge >= 0.3 is 0 Å². The molecular weight excluding hydrogens is 304 g/mol. The van der Waals surface area contributed by atoms with Crippen molar-refractivity contribution in [2.24, 2.45) is 11.8 Å². The lowest BCUT2D eigenvalue weighted by atomic mass is 9.89. The topological polar surface area (TPSA) is 86.3 Å². The first kappa shape index (κ1) is 20.1. The first-order valence-electron chi connectivity index (χ1n) is 8.36. The van der Waals surface area contributed by atoms with Crippen molar-refractivity contribution < 1.29 is 9.90 Å². The van der Waals surface area contributed by atoms with Crippen LogP contribution in [0.5, 0.6) is 0 Å². The smallest absolute Gasteiger partial charge is 0.223 e. The highest BCUT2D eigenvalue weighted by molar-refractivity contribution is 5.79. The van der Waals surface area contributed by atoms with E-state index in [0.717, 1.165) is 11.4 Å². The van der Waals surface area contributed by atoms with Gasteiger partial charge in [0.05, 0.1) is 24.9 Å². The molecule has 0 aliphatic carbocycles. The molecule has 1 amide bonds. The second-order valence-corrected chi connectivity index (χ2v) is 6.29. The molecule has 0 radical (unpaired) electrons. The largest absolute Gasteiger partial charge is 0.392 e. The summed E-state index contributed by atoms with van der Waals surface area (Å²) in [4.78, 5) is 16.6. The average molecular weight is 334 g/mol. The van der Waals surface area contributed by atoms with Gasteiger partial charge in [-0.3, -0.25) is 9.78 Å². The Hall–Kier alpha value is -1.92. The summed E-state index contributed by atoms with van der Waals surface area (Å²) >= 11 is 0. The molecule has 134 valence electrons. The molecule has 1 rings (SSSR count). The number of nitrogens with one attached hydrogen (secondary N) is 3. The van der Waals surface area contributed by atoms with Gasteiger partial charge in [0.1, 0.15) is 0 Å². The normalized spacial score (nSPS) is 13.4. The molecule has 0 aliphatic rings. The zero-order valence-electron chi connectivity index (χ0n) is 14.9. The van der Waals surface area contributed by atoms with E-state index in [0.29, 0.717) is 26.1 Å². The van der Waals surface area contributed by atoms with Gasteiger partial charge in [-0.1, -0.05) is 26.5 Å². The van der Waals surface area contributed by atoms with Crippen LogP contribution >= 0.6 is 0 Å². The van der Waals surface area contributed by atoms with Crippen molar-refractivity contribution in [2.45, 2.75) is 32.9 Å². The van der Waals surface area contributed by atoms with Gasteiger partial charge in [0.25, 0.3) is 0 Å². The molecule has 6 nitrogen and oxygen atoms in total. The number of pyridine rings is 1. The second-order valence-electron chi connectivity index (χ2n) is 6.29. The Kier molecular flexibility index (Phi) is 9.04. The van der Waals surface area contributed by atoms with E-state index in [4.69, 9.17) is 0 Å². The number of aromatic nitrogens is 1. The zero-order valence-corrected chi connectivity index (χ0v) is 14.9. The third-order valence-electron chi connectivity index (χ3n) is 3.83. The third kappa shape index (κ3) is 7.57. The van der Waals surface area contributed by atoms with Crippen molar-refractivity contribution in [3.63, 3.8) is 0 Å².